The molecule has 0 fully saturated rings. The molecule has 0 amide bonds. The van der Waals surface area contributed by atoms with Crippen molar-refractivity contribution in [1.82, 2.24) is 5.32 Å². The number of nitrogens with one attached hydrogen (secondary N) is 1. The maximum atomic E-state index is 14.0. The first-order chi connectivity index (χ1) is 14.0. The van der Waals surface area contributed by atoms with Gasteiger partial charge in [0.05, 0.1) is 16.6 Å². The van der Waals surface area contributed by atoms with Gasteiger partial charge in [-0.05, 0) is 58.2 Å². The number of hydrogen-bond acceptors (Lipinski definition) is 3. The van der Waals surface area contributed by atoms with Crippen LogP contribution in [0.25, 0.3) is 0 Å². The van der Waals surface area contributed by atoms with E-state index >= 15 is 0 Å². The molecule has 0 aromatic heterocycles. The van der Waals surface area contributed by atoms with Gasteiger partial charge >= 0.3 is 0 Å². The van der Waals surface area contributed by atoms with Crippen molar-refractivity contribution in [1.29, 1.82) is 0 Å². The van der Waals surface area contributed by atoms with Gasteiger partial charge in [0.15, 0.2) is 11.5 Å². The van der Waals surface area contributed by atoms with Crippen molar-refractivity contribution >= 4 is 27.5 Å². The lowest BCUT2D eigenvalue weighted by Crippen LogP contribution is -2.18. The fourth-order valence-electron chi connectivity index (χ4n) is 2.96. The fourth-order valence-corrected chi connectivity index (χ4v) is 3.78. The summed E-state index contributed by atoms with van der Waals surface area (Å²) in [5.41, 5.74) is 2.57. The molecule has 3 rings (SSSR count). The van der Waals surface area contributed by atoms with Crippen molar-refractivity contribution in [3.8, 4) is 11.5 Å². The van der Waals surface area contributed by atoms with Gasteiger partial charge in [0, 0.05) is 18.2 Å². The number of benzene rings is 3. The van der Waals surface area contributed by atoms with Crippen molar-refractivity contribution in [2.24, 2.45) is 0 Å². The molecule has 1 N–H and O–H groups in total. The quantitative estimate of drug-likeness (QED) is 0.392. The average molecular weight is 479 g/mol. The van der Waals surface area contributed by atoms with Gasteiger partial charge in [-0.2, -0.15) is 0 Å². The minimum absolute atomic E-state index is 0.00308. The first-order valence-corrected chi connectivity index (χ1v) is 10.4. The summed E-state index contributed by atoms with van der Waals surface area (Å²) in [5, 5.41) is 3.83. The van der Waals surface area contributed by atoms with Crippen LogP contribution in [0.5, 0.6) is 11.5 Å². The SMILES string of the molecule is COc1cc(CN[C@@H](C)c2ccccc2)cc(Br)c1OCc1c(F)cccc1Cl. The van der Waals surface area contributed by atoms with Gasteiger partial charge in [0.25, 0.3) is 0 Å². The molecule has 0 spiro atoms. The third-order valence-corrected chi connectivity index (χ3v) is 5.57. The second kappa shape index (κ2) is 10.1. The van der Waals surface area contributed by atoms with E-state index in [1.165, 1.54) is 11.6 Å². The fraction of sp³-hybridized carbons (Fsp3) is 0.217. The minimum atomic E-state index is -0.400. The van der Waals surface area contributed by atoms with Crippen LogP contribution in [0, 0.1) is 5.82 Å². The van der Waals surface area contributed by atoms with Crippen LogP contribution in [-0.2, 0) is 13.2 Å². The highest BCUT2D eigenvalue weighted by Gasteiger charge is 2.15. The zero-order valence-corrected chi connectivity index (χ0v) is 18.6. The molecule has 0 saturated carbocycles. The van der Waals surface area contributed by atoms with E-state index in [4.69, 9.17) is 21.1 Å². The van der Waals surface area contributed by atoms with Gasteiger partial charge in [0.1, 0.15) is 12.4 Å². The van der Waals surface area contributed by atoms with Gasteiger partial charge in [-0.25, -0.2) is 4.39 Å². The van der Waals surface area contributed by atoms with E-state index < -0.39 is 5.82 Å². The summed E-state index contributed by atoms with van der Waals surface area (Å²) in [4.78, 5) is 0. The number of hydrogen-bond donors (Lipinski definition) is 1. The van der Waals surface area contributed by atoms with Crippen molar-refractivity contribution in [2.75, 3.05) is 7.11 Å². The van der Waals surface area contributed by atoms with E-state index in [2.05, 4.69) is 40.3 Å². The minimum Gasteiger partial charge on any atom is -0.493 e. The second-order valence-electron chi connectivity index (χ2n) is 6.61. The number of methoxy groups -OCH3 is 1. The zero-order chi connectivity index (χ0) is 20.8. The Balaban J connectivity index is 1.72. The maximum Gasteiger partial charge on any atom is 0.175 e. The molecule has 0 unspecified atom stereocenters. The topological polar surface area (TPSA) is 30.5 Å². The van der Waals surface area contributed by atoms with Crippen molar-refractivity contribution < 1.29 is 13.9 Å². The highest BCUT2D eigenvalue weighted by Crippen LogP contribution is 2.38. The van der Waals surface area contributed by atoms with E-state index in [9.17, 15) is 4.39 Å². The number of ether oxygens (including phenoxy) is 2. The highest BCUT2D eigenvalue weighted by atomic mass is 79.9. The van der Waals surface area contributed by atoms with Crippen LogP contribution in [0.15, 0.2) is 65.1 Å². The van der Waals surface area contributed by atoms with Gasteiger partial charge in [0.2, 0.25) is 0 Å². The van der Waals surface area contributed by atoms with Crippen LogP contribution in [0.4, 0.5) is 4.39 Å². The van der Waals surface area contributed by atoms with E-state index in [-0.39, 0.29) is 12.6 Å². The summed E-state index contributed by atoms with van der Waals surface area (Å²) < 4.78 is 26.1. The average Bonchev–Trinajstić information content (AvgIpc) is 2.73. The predicted molar refractivity (Wildman–Crippen MR) is 118 cm³/mol. The number of rotatable bonds is 8. The molecule has 1 atom stereocenters. The standard InChI is InChI=1S/C23H22BrClFNO2/c1-15(17-7-4-3-5-8-17)27-13-16-11-19(24)23(22(12-16)28-2)29-14-18-20(25)9-6-10-21(18)26/h3-12,15,27H,13-14H2,1-2H3/t15-/m0/s1. The Morgan fingerprint density at radius 2 is 1.86 bits per heavy atom. The second-order valence-corrected chi connectivity index (χ2v) is 7.87. The Kier molecular flexibility index (Phi) is 7.53. The van der Waals surface area contributed by atoms with Crippen LogP contribution in [0.1, 0.15) is 29.7 Å². The van der Waals surface area contributed by atoms with E-state index in [0.29, 0.717) is 28.6 Å². The van der Waals surface area contributed by atoms with E-state index in [0.717, 1.165) is 10.0 Å². The summed E-state index contributed by atoms with van der Waals surface area (Å²) in [6.07, 6.45) is 0. The third kappa shape index (κ3) is 5.50. The molecule has 3 nitrogen and oxygen atoms in total. The van der Waals surface area contributed by atoms with Crippen LogP contribution >= 0.6 is 27.5 Å². The molecular formula is C23H22BrClFNO2. The summed E-state index contributed by atoms with van der Waals surface area (Å²) in [6.45, 7) is 2.78. The largest absolute Gasteiger partial charge is 0.493 e. The van der Waals surface area contributed by atoms with Gasteiger partial charge in [-0.1, -0.05) is 48.0 Å². The zero-order valence-electron chi connectivity index (χ0n) is 16.2. The summed E-state index contributed by atoms with van der Waals surface area (Å²) in [7, 11) is 1.58. The summed E-state index contributed by atoms with van der Waals surface area (Å²) in [6, 6.07) is 18.9. The van der Waals surface area contributed by atoms with Crippen LogP contribution < -0.4 is 14.8 Å². The smallest absolute Gasteiger partial charge is 0.175 e. The molecule has 0 radical (unpaired) electrons. The van der Waals surface area contributed by atoms with Crippen molar-refractivity contribution in [2.45, 2.75) is 26.1 Å². The summed E-state index contributed by atoms with van der Waals surface area (Å²) in [5.74, 6) is 0.672. The summed E-state index contributed by atoms with van der Waals surface area (Å²) >= 11 is 9.63. The number of halogens is 3. The van der Waals surface area contributed by atoms with E-state index in [1.807, 2.05) is 30.3 Å². The molecule has 6 heteroatoms. The molecule has 29 heavy (non-hydrogen) atoms. The molecule has 0 aliphatic carbocycles. The first kappa shape index (κ1) is 21.6. The highest BCUT2D eigenvalue weighted by molar-refractivity contribution is 9.10. The van der Waals surface area contributed by atoms with Gasteiger partial charge in [-0.3, -0.25) is 0 Å². The molecule has 0 aliphatic rings. The van der Waals surface area contributed by atoms with Gasteiger partial charge < -0.3 is 14.8 Å². The Bertz CT molecular complexity index is 948. The molecule has 0 bridgehead atoms. The lowest BCUT2D eigenvalue weighted by atomic mass is 10.1. The monoisotopic (exact) mass is 477 g/mol. The lowest BCUT2D eigenvalue weighted by Gasteiger charge is -2.17. The Morgan fingerprint density at radius 3 is 2.55 bits per heavy atom. The molecule has 152 valence electrons. The predicted octanol–water partition coefficient (Wildman–Crippen LogP) is 6.68. The molecular weight excluding hydrogens is 457 g/mol. The van der Waals surface area contributed by atoms with Crippen LogP contribution in [0.3, 0.4) is 0 Å². The Labute approximate surface area is 183 Å². The normalized spacial score (nSPS) is 11.9. The maximum absolute atomic E-state index is 14.0. The van der Waals surface area contributed by atoms with Crippen LogP contribution in [-0.4, -0.2) is 7.11 Å². The van der Waals surface area contributed by atoms with Crippen molar-refractivity contribution in [3.05, 3.63) is 92.7 Å². The van der Waals surface area contributed by atoms with Crippen molar-refractivity contribution in [3.63, 3.8) is 0 Å². The molecule has 3 aromatic carbocycles. The molecule has 0 heterocycles. The molecule has 0 saturated heterocycles. The Morgan fingerprint density at radius 1 is 1.10 bits per heavy atom. The molecule has 3 aromatic rings. The van der Waals surface area contributed by atoms with Gasteiger partial charge in [-0.15, -0.1) is 0 Å². The first-order valence-electron chi connectivity index (χ1n) is 9.20. The van der Waals surface area contributed by atoms with E-state index in [1.54, 1.807) is 19.2 Å². The van der Waals surface area contributed by atoms with Crippen LogP contribution in [0.2, 0.25) is 5.02 Å². The molecule has 0 aliphatic heterocycles. The Hall–Kier alpha value is -2.08. The third-order valence-electron chi connectivity index (χ3n) is 4.62. The lowest BCUT2D eigenvalue weighted by molar-refractivity contribution is 0.277.